The maximum Gasteiger partial charge on any atom is 0.0917 e. The normalized spacial score (nSPS) is 12.9. The molecule has 1 rings (SSSR count). The lowest BCUT2D eigenvalue weighted by molar-refractivity contribution is 0.111. The van der Waals surface area contributed by atoms with Crippen LogP contribution in [0.25, 0.3) is 0 Å². The highest BCUT2D eigenvalue weighted by Crippen LogP contribution is 2.26. The topological polar surface area (TPSA) is 23.5 Å². The maximum absolute atomic E-state index is 10.4. The van der Waals surface area contributed by atoms with Crippen molar-refractivity contribution in [1.29, 1.82) is 0 Å². The van der Waals surface area contributed by atoms with Crippen LogP contribution in [0, 0.1) is 0 Å². The van der Waals surface area contributed by atoms with Crippen LogP contribution in [0.15, 0.2) is 18.2 Å². The van der Waals surface area contributed by atoms with Gasteiger partial charge in [0.05, 0.1) is 16.1 Å². The highest BCUT2D eigenvalue weighted by atomic mass is 35.5. The van der Waals surface area contributed by atoms with Crippen LogP contribution in [0.5, 0.6) is 0 Å². The molecule has 0 saturated carbocycles. The molecular formula is C16H25Cl2NO. The van der Waals surface area contributed by atoms with E-state index in [4.69, 9.17) is 23.2 Å². The summed E-state index contributed by atoms with van der Waals surface area (Å²) in [5, 5.41) is 11.4. The summed E-state index contributed by atoms with van der Waals surface area (Å²) in [6, 6.07) is 5.34. The Morgan fingerprint density at radius 3 is 2.15 bits per heavy atom. The number of halogens is 2. The van der Waals surface area contributed by atoms with Crippen molar-refractivity contribution in [2.24, 2.45) is 0 Å². The van der Waals surface area contributed by atoms with Crippen LogP contribution in [0.2, 0.25) is 10.0 Å². The summed E-state index contributed by atoms with van der Waals surface area (Å²) >= 11 is 11.9. The third-order valence-corrected chi connectivity index (χ3v) is 4.15. The van der Waals surface area contributed by atoms with Crippen LogP contribution in [-0.2, 0) is 0 Å². The molecule has 0 amide bonds. The summed E-state index contributed by atoms with van der Waals surface area (Å²) in [6.07, 6.45) is 4.16. The van der Waals surface area contributed by atoms with E-state index in [1.165, 1.54) is 12.8 Å². The molecule has 0 aromatic heterocycles. The van der Waals surface area contributed by atoms with Gasteiger partial charge in [-0.3, -0.25) is 0 Å². The fourth-order valence-corrected chi connectivity index (χ4v) is 2.43. The Hall–Kier alpha value is -0.280. The van der Waals surface area contributed by atoms with Gasteiger partial charge in [-0.15, -0.1) is 0 Å². The lowest BCUT2D eigenvalue weighted by Crippen LogP contribution is -2.30. The van der Waals surface area contributed by atoms with Crippen molar-refractivity contribution >= 4 is 23.2 Å². The fourth-order valence-electron chi connectivity index (χ4n) is 2.13. The van der Waals surface area contributed by atoms with Crippen molar-refractivity contribution in [2.75, 3.05) is 19.6 Å². The SMILES string of the molecule is CCCCN(CCCC)C[C@H](O)c1ccc(Cl)c(Cl)c1. The van der Waals surface area contributed by atoms with Crippen LogP contribution >= 0.6 is 23.2 Å². The molecule has 0 unspecified atom stereocenters. The number of hydrogen-bond donors (Lipinski definition) is 1. The van der Waals surface area contributed by atoms with E-state index in [1.54, 1.807) is 12.1 Å². The number of nitrogens with zero attached hydrogens (tertiary/aromatic N) is 1. The zero-order valence-corrected chi connectivity index (χ0v) is 13.9. The van der Waals surface area contributed by atoms with Gasteiger partial charge in [0.1, 0.15) is 0 Å². The molecule has 0 aliphatic carbocycles. The zero-order valence-electron chi connectivity index (χ0n) is 12.4. The van der Waals surface area contributed by atoms with E-state index in [-0.39, 0.29) is 0 Å². The average Bonchev–Trinajstić information content (AvgIpc) is 2.44. The minimum Gasteiger partial charge on any atom is -0.387 e. The standard InChI is InChI=1S/C16H25Cl2NO/c1-3-5-9-19(10-6-4-2)12-16(20)13-7-8-14(17)15(18)11-13/h7-8,11,16,20H,3-6,9-10,12H2,1-2H3/t16-/m0/s1. The monoisotopic (exact) mass is 317 g/mol. The minimum atomic E-state index is -0.515. The van der Waals surface area contributed by atoms with Gasteiger partial charge in [0.15, 0.2) is 0 Å². The number of unbranched alkanes of at least 4 members (excludes halogenated alkanes) is 2. The Labute approximate surface area is 132 Å². The second-order valence-corrected chi connectivity index (χ2v) is 6.01. The first-order valence-corrected chi connectivity index (χ1v) is 8.19. The second-order valence-electron chi connectivity index (χ2n) is 5.20. The first-order valence-electron chi connectivity index (χ1n) is 7.43. The summed E-state index contributed by atoms with van der Waals surface area (Å²) in [4.78, 5) is 2.33. The van der Waals surface area contributed by atoms with Crippen LogP contribution in [0.3, 0.4) is 0 Å². The molecule has 2 nitrogen and oxygen atoms in total. The van der Waals surface area contributed by atoms with E-state index in [9.17, 15) is 5.11 Å². The largest absolute Gasteiger partial charge is 0.387 e. The summed E-state index contributed by atoms with van der Waals surface area (Å²) in [6.45, 7) is 7.10. The smallest absolute Gasteiger partial charge is 0.0917 e. The molecule has 1 aromatic rings. The number of aliphatic hydroxyl groups excluding tert-OH is 1. The Balaban J connectivity index is 2.62. The first-order chi connectivity index (χ1) is 9.58. The molecule has 0 spiro atoms. The summed E-state index contributed by atoms with van der Waals surface area (Å²) < 4.78 is 0. The van der Waals surface area contributed by atoms with Gasteiger partial charge in [0.25, 0.3) is 0 Å². The van der Waals surface area contributed by atoms with Gasteiger partial charge in [-0.2, -0.15) is 0 Å². The van der Waals surface area contributed by atoms with Gasteiger partial charge in [-0.1, -0.05) is 56.0 Å². The molecule has 1 aromatic carbocycles. The van der Waals surface area contributed by atoms with Gasteiger partial charge >= 0.3 is 0 Å². The predicted molar refractivity (Wildman–Crippen MR) is 87.7 cm³/mol. The van der Waals surface area contributed by atoms with Gasteiger partial charge in [0.2, 0.25) is 0 Å². The quantitative estimate of drug-likeness (QED) is 0.698. The number of hydrogen-bond acceptors (Lipinski definition) is 2. The molecular weight excluding hydrogens is 293 g/mol. The van der Waals surface area contributed by atoms with E-state index in [1.807, 2.05) is 6.07 Å². The van der Waals surface area contributed by atoms with Gasteiger partial charge < -0.3 is 10.0 Å². The molecule has 1 atom stereocenters. The molecule has 0 aliphatic heterocycles. The zero-order chi connectivity index (χ0) is 15.0. The summed E-state index contributed by atoms with van der Waals surface area (Å²) in [5.74, 6) is 0. The van der Waals surface area contributed by atoms with Gasteiger partial charge in [-0.05, 0) is 43.6 Å². The fraction of sp³-hybridized carbons (Fsp3) is 0.625. The highest BCUT2D eigenvalue weighted by molar-refractivity contribution is 6.42. The Kier molecular flexibility index (Phi) is 8.55. The van der Waals surface area contributed by atoms with E-state index in [0.717, 1.165) is 31.5 Å². The minimum absolute atomic E-state index is 0.497. The van der Waals surface area contributed by atoms with Crippen molar-refractivity contribution in [3.05, 3.63) is 33.8 Å². The lowest BCUT2D eigenvalue weighted by Gasteiger charge is -2.25. The maximum atomic E-state index is 10.4. The van der Waals surface area contributed by atoms with E-state index in [0.29, 0.717) is 16.6 Å². The molecule has 20 heavy (non-hydrogen) atoms. The molecule has 0 radical (unpaired) electrons. The third-order valence-electron chi connectivity index (χ3n) is 3.42. The molecule has 0 fully saturated rings. The van der Waals surface area contributed by atoms with Crippen molar-refractivity contribution in [3.63, 3.8) is 0 Å². The number of aliphatic hydroxyl groups is 1. The van der Waals surface area contributed by atoms with Crippen molar-refractivity contribution in [3.8, 4) is 0 Å². The van der Waals surface area contributed by atoms with Crippen LogP contribution < -0.4 is 0 Å². The highest BCUT2D eigenvalue weighted by Gasteiger charge is 2.14. The Morgan fingerprint density at radius 1 is 1.05 bits per heavy atom. The molecule has 0 bridgehead atoms. The average molecular weight is 318 g/mol. The third kappa shape index (κ3) is 6.01. The molecule has 0 heterocycles. The molecule has 114 valence electrons. The number of rotatable bonds is 9. The summed E-state index contributed by atoms with van der Waals surface area (Å²) in [7, 11) is 0. The van der Waals surface area contributed by atoms with Crippen LogP contribution in [-0.4, -0.2) is 29.6 Å². The van der Waals surface area contributed by atoms with Gasteiger partial charge in [-0.25, -0.2) is 0 Å². The predicted octanol–water partition coefficient (Wildman–Crippen LogP) is 4.93. The van der Waals surface area contributed by atoms with Gasteiger partial charge in [0, 0.05) is 6.54 Å². The van der Waals surface area contributed by atoms with Crippen LogP contribution in [0.4, 0.5) is 0 Å². The summed E-state index contributed by atoms with van der Waals surface area (Å²) in [5.41, 5.74) is 0.831. The Morgan fingerprint density at radius 2 is 1.65 bits per heavy atom. The molecule has 0 saturated heterocycles. The second kappa shape index (κ2) is 9.62. The van der Waals surface area contributed by atoms with Crippen molar-refractivity contribution in [2.45, 2.75) is 45.6 Å². The van der Waals surface area contributed by atoms with E-state index < -0.39 is 6.10 Å². The van der Waals surface area contributed by atoms with E-state index in [2.05, 4.69) is 18.7 Å². The first kappa shape index (κ1) is 17.8. The number of benzene rings is 1. The molecule has 4 heteroatoms. The molecule has 1 N–H and O–H groups in total. The van der Waals surface area contributed by atoms with Crippen LogP contribution in [0.1, 0.15) is 51.2 Å². The van der Waals surface area contributed by atoms with Crippen molar-refractivity contribution < 1.29 is 5.11 Å². The van der Waals surface area contributed by atoms with E-state index >= 15 is 0 Å². The van der Waals surface area contributed by atoms with Crippen molar-refractivity contribution in [1.82, 2.24) is 4.90 Å². The molecule has 0 aliphatic rings. The Bertz CT molecular complexity index is 390. The lowest BCUT2D eigenvalue weighted by atomic mass is 10.1.